The predicted octanol–water partition coefficient (Wildman–Crippen LogP) is 0.873. The van der Waals surface area contributed by atoms with Crippen molar-refractivity contribution in [2.45, 2.75) is 6.42 Å². The number of hydrogen-bond acceptors (Lipinski definition) is 0. The van der Waals surface area contributed by atoms with E-state index in [1.165, 1.54) is 6.08 Å². The molecular weight excluding hydrogens is 102 g/mol. The monoisotopic (exact) mass is 108 g/mol. The van der Waals surface area contributed by atoms with E-state index in [-0.39, 0.29) is 5.83 Å². The molecule has 0 aromatic heterocycles. The van der Waals surface area contributed by atoms with Crippen molar-refractivity contribution in [3.8, 4) is 0 Å². The van der Waals surface area contributed by atoms with Crippen LogP contribution < -0.4 is 0 Å². The summed E-state index contributed by atoms with van der Waals surface area (Å²) in [5.74, 6) is -0.187. The number of allylic oxidation sites excluding steroid dienone is 4. The maximum atomic E-state index is 12.3. The fourth-order valence-electron chi connectivity index (χ4n) is 0.593. The van der Waals surface area contributed by atoms with E-state index in [0.717, 1.165) is 0 Å². The molecule has 2 heteroatoms. The van der Waals surface area contributed by atoms with E-state index >= 15 is 0 Å². The molecule has 0 saturated carbocycles. The van der Waals surface area contributed by atoms with Crippen molar-refractivity contribution in [1.82, 2.24) is 0 Å². The van der Waals surface area contributed by atoms with Gasteiger partial charge in [-0.1, -0.05) is 0 Å². The SMILES string of the molecule is B=C1C=CCC=C1F. The third-order valence-electron chi connectivity index (χ3n) is 1.06. The average molecular weight is 108 g/mol. The normalized spacial score (nSPS) is 18.5. The first kappa shape index (κ1) is 5.48. The van der Waals surface area contributed by atoms with Gasteiger partial charge in [0.05, 0.1) is 0 Å². The van der Waals surface area contributed by atoms with Crippen LogP contribution in [0.3, 0.4) is 0 Å². The molecule has 0 amide bonds. The summed E-state index contributed by atoms with van der Waals surface area (Å²) < 4.78 is 12.3. The van der Waals surface area contributed by atoms with Crippen LogP contribution >= 0.6 is 0 Å². The summed E-state index contributed by atoms with van der Waals surface area (Å²) in [5, 5.41) is 0. The summed E-state index contributed by atoms with van der Waals surface area (Å²) in [4.78, 5) is 0. The zero-order valence-electron chi connectivity index (χ0n) is 4.52. The van der Waals surface area contributed by atoms with Gasteiger partial charge in [-0.15, -0.1) is 0 Å². The van der Waals surface area contributed by atoms with Crippen molar-refractivity contribution < 1.29 is 4.39 Å². The first-order valence-electron chi connectivity index (χ1n) is 2.52. The molecule has 0 aromatic rings. The molecule has 0 atom stereocenters. The first-order valence-corrected chi connectivity index (χ1v) is 2.52. The van der Waals surface area contributed by atoms with E-state index in [4.69, 9.17) is 0 Å². The van der Waals surface area contributed by atoms with Gasteiger partial charge in [0.1, 0.15) is 0 Å². The second-order valence-corrected chi connectivity index (χ2v) is 1.72. The quantitative estimate of drug-likeness (QED) is 0.404. The Balaban J connectivity index is 2.78. The minimum absolute atomic E-state index is 0.187. The fraction of sp³-hybridized carbons (Fsp3) is 0.167. The van der Waals surface area contributed by atoms with Gasteiger partial charge in [-0.05, 0) is 0 Å². The molecule has 0 bridgehead atoms. The van der Waals surface area contributed by atoms with Crippen LogP contribution in [0.4, 0.5) is 4.39 Å². The molecule has 0 unspecified atom stereocenters. The van der Waals surface area contributed by atoms with E-state index in [0.29, 0.717) is 11.9 Å². The molecule has 0 nitrogen and oxygen atoms in total. The van der Waals surface area contributed by atoms with Crippen molar-refractivity contribution in [1.29, 1.82) is 0 Å². The molecule has 0 heterocycles. The Labute approximate surface area is 48.8 Å². The molecule has 8 heavy (non-hydrogen) atoms. The second kappa shape index (κ2) is 2.08. The molecule has 0 N–H and O–H groups in total. The molecule has 0 aromatic carbocycles. The van der Waals surface area contributed by atoms with Gasteiger partial charge in [-0.25, -0.2) is 0 Å². The third-order valence-corrected chi connectivity index (χ3v) is 1.06. The Bertz CT molecular complexity index is 167. The predicted molar refractivity (Wildman–Crippen MR) is 35.1 cm³/mol. The van der Waals surface area contributed by atoms with Crippen LogP contribution in [-0.2, 0) is 0 Å². The van der Waals surface area contributed by atoms with Crippen LogP contribution in [0.5, 0.6) is 0 Å². The number of halogens is 1. The fourth-order valence-corrected chi connectivity index (χ4v) is 0.593. The van der Waals surface area contributed by atoms with Gasteiger partial charge >= 0.3 is 47.8 Å². The third kappa shape index (κ3) is 0.943. The first-order chi connectivity index (χ1) is 3.80. The molecule has 0 radical (unpaired) electrons. The molecule has 0 saturated heterocycles. The zero-order valence-corrected chi connectivity index (χ0v) is 4.52. The van der Waals surface area contributed by atoms with E-state index in [2.05, 4.69) is 7.49 Å². The summed E-state index contributed by atoms with van der Waals surface area (Å²) in [6, 6.07) is 0. The van der Waals surface area contributed by atoms with Crippen molar-refractivity contribution in [2.24, 2.45) is 0 Å². The van der Waals surface area contributed by atoms with E-state index in [9.17, 15) is 4.39 Å². The van der Waals surface area contributed by atoms with Crippen molar-refractivity contribution in [3.05, 3.63) is 24.1 Å². The van der Waals surface area contributed by atoms with Gasteiger partial charge in [0.2, 0.25) is 0 Å². The average Bonchev–Trinajstić information content (AvgIpc) is 1.77. The van der Waals surface area contributed by atoms with Gasteiger partial charge in [0.15, 0.2) is 0 Å². The summed E-state index contributed by atoms with van der Waals surface area (Å²) >= 11 is 0. The van der Waals surface area contributed by atoms with Crippen molar-refractivity contribution in [2.75, 3.05) is 0 Å². The van der Waals surface area contributed by atoms with Crippen LogP contribution in [0.1, 0.15) is 6.42 Å². The van der Waals surface area contributed by atoms with E-state index in [1.807, 2.05) is 6.08 Å². The van der Waals surface area contributed by atoms with Crippen molar-refractivity contribution in [3.63, 3.8) is 0 Å². The maximum absolute atomic E-state index is 12.3. The van der Waals surface area contributed by atoms with Crippen LogP contribution in [0.2, 0.25) is 0 Å². The Hall–Kier alpha value is -0.655. The number of hydrogen-bond donors (Lipinski definition) is 0. The number of rotatable bonds is 0. The summed E-state index contributed by atoms with van der Waals surface area (Å²) in [6.45, 7) is 0. The summed E-state index contributed by atoms with van der Waals surface area (Å²) in [5.41, 5.74) is 0.483. The Morgan fingerprint density at radius 1 is 1.62 bits per heavy atom. The minimum atomic E-state index is -0.187. The van der Waals surface area contributed by atoms with Gasteiger partial charge in [-0.3, -0.25) is 0 Å². The Kier molecular flexibility index (Phi) is 1.42. The van der Waals surface area contributed by atoms with Crippen molar-refractivity contribution >= 4 is 13.0 Å². The molecule has 0 fully saturated rings. The zero-order chi connectivity index (χ0) is 5.98. The Morgan fingerprint density at radius 3 is 2.75 bits per heavy atom. The van der Waals surface area contributed by atoms with Crippen LogP contribution in [-0.4, -0.2) is 13.0 Å². The molecule has 0 spiro atoms. The molecule has 0 aliphatic heterocycles. The van der Waals surface area contributed by atoms with Gasteiger partial charge in [0, 0.05) is 0 Å². The molecule has 1 aliphatic rings. The molecular formula is C6H6BF. The second-order valence-electron chi connectivity index (χ2n) is 1.72. The van der Waals surface area contributed by atoms with Gasteiger partial charge in [-0.2, -0.15) is 0 Å². The van der Waals surface area contributed by atoms with Crippen LogP contribution in [0.25, 0.3) is 0 Å². The van der Waals surface area contributed by atoms with Crippen LogP contribution in [0.15, 0.2) is 24.1 Å². The van der Waals surface area contributed by atoms with E-state index in [1.54, 1.807) is 6.08 Å². The van der Waals surface area contributed by atoms with Gasteiger partial charge < -0.3 is 0 Å². The molecule has 1 rings (SSSR count). The van der Waals surface area contributed by atoms with Crippen LogP contribution in [0, 0.1) is 0 Å². The summed E-state index contributed by atoms with van der Waals surface area (Å²) in [7, 11) is 3.47. The summed E-state index contributed by atoms with van der Waals surface area (Å²) in [6.07, 6.45) is 5.79. The van der Waals surface area contributed by atoms with E-state index < -0.39 is 0 Å². The standard InChI is InChI=1S/C6H6BF/c7-5-3-1-2-4-6(5)8/h1,3-4,7H,2H2. The van der Waals surface area contributed by atoms with Gasteiger partial charge in [0.25, 0.3) is 0 Å². The molecule has 1 aliphatic carbocycles. The Morgan fingerprint density at radius 2 is 2.38 bits per heavy atom. The molecule has 40 valence electrons. The topological polar surface area (TPSA) is 0 Å².